The van der Waals surface area contributed by atoms with Gasteiger partial charge in [-0.3, -0.25) is 0 Å². The van der Waals surface area contributed by atoms with Crippen LogP contribution in [0.1, 0.15) is 22.6 Å². The number of hydrogen-bond acceptors (Lipinski definition) is 4. The van der Waals surface area contributed by atoms with Crippen molar-refractivity contribution in [1.82, 2.24) is 5.01 Å². The SMILES string of the molecule is CS/C(N)=N/C(=N\S(=O)(=O)c1ccc(C(F)(F)F)cc1)N1C[C@H](c2ccccc2)C(c2ccc(Cl)cc2)=N1. The molecule has 0 saturated carbocycles. The molecule has 198 valence electrons. The number of nitrogens with two attached hydrogens (primary N) is 1. The van der Waals surface area contributed by atoms with Gasteiger partial charge in [-0.15, -0.1) is 4.40 Å². The smallest absolute Gasteiger partial charge is 0.378 e. The van der Waals surface area contributed by atoms with Gasteiger partial charge in [0.2, 0.25) is 0 Å². The highest BCUT2D eigenvalue weighted by atomic mass is 35.5. The number of benzene rings is 3. The minimum absolute atomic E-state index is 0.0257. The van der Waals surface area contributed by atoms with Gasteiger partial charge in [0.05, 0.1) is 22.7 Å². The third-order valence-corrected chi connectivity index (χ3v) is 7.62. The van der Waals surface area contributed by atoms with Gasteiger partial charge < -0.3 is 5.73 Å². The summed E-state index contributed by atoms with van der Waals surface area (Å²) in [5.74, 6) is -0.594. The Hall–Kier alpha value is -3.35. The van der Waals surface area contributed by atoms with Crippen molar-refractivity contribution in [2.75, 3.05) is 12.8 Å². The van der Waals surface area contributed by atoms with Gasteiger partial charge in [-0.25, -0.2) is 5.01 Å². The maximum Gasteiger partial charge on any atom is 0.416 e. The third kappa shape index (κ3) is 6.37. The molecule has 3 aromatic carbocycles. The van der Waals surface area contributed by atoms with Crippen LogP contribution in [0.5, 0.6) is 0 Å². The van der Waals surface area contributed by atoms with Crippen LogP contribution in [0.3, 0.4) is 0 Å². The maximum absolute atomic E-state index is 13.1. The molecule has 0 spiro atoms. The molecule has 1 aliphatic rings. The van der Waals surface area contributed by atoms with Crippen molar-refractivity contribution in [2.45, 2.75) is 17.0 Å². The highest BCUT2D eigenvalue weighted by Gasteiger charge is 2.33. The number of guanidine groups is 1. The monoisotopic (exact) mass is 579 g/mol. The number of aliphatic imine (C=N–C) groups is 1. The fourth-order valence-corrected chi connectivity index (χ4v) is 4.93. The Bertz CT molecular complexity index is 1490. The maximum atomic E-state index is 13.1. The molecule has 0 bridgehead atoms. The van der Waals surface area contributed by atoms with E-state index in [0.717, 1.165) is 35.0 Å². The van der Waals surface area contributed by atoms with Crippen LogP contribution < -0.4 is 5.73 Å². The lowest BCUT2D eigenvalue weighted by atomic mass is 9.91. The second kappa shape index (κ2) is 11.2. The summed E-state index contributed by atoms with van der Waals surface area (Å²) < 4.78 is 68.9. The first-order valence-corrected chi connectivity index (χ1v) is 14.1. The molecule has 1 atom stereocenters. The highest BCUT2D eigenvalue weighted by molar-refractivity contribution is 8.13. The van der Waals surface area contributed by atoms with Crippen LogP contribution in [0.15, 0.2) is 98.2 Å². The van der Waals surface area contributed by atoms with E-state index in [1.165, 1.54) is 5.01 Å². The zero-order valence-corrected chi connectivity index (χ0v) is 22.2. The summed E-state index contributed by atoms with van der Waals surface area (Å²) in [5, 5.41) is 6.54. The van der Waals surface area contributed by atoms with Gasteiger partial charge in [-0.2, -0.15) is 31.7 Å². The number of nitrogens with zero attached hydrogens (tertiary/aromatic N) is 4. The van der Waals surface area contributed by atoms with Crippen molar-refractivity contribution >= 4 is 50.2 Å². The Kier molecular flexibility index (Phi) is 8.14. The lowest BCUT2D eigenvalue weighted by Gasteiger charge is -2.16. The van der Waals surface area contributed by atoms with Crippen molar-refractivity contribution in [2.24, 2.45) is 20.2 Å². The number of sulfonamides is 1. The molecule has 1 heterocycles. The van der Waals surface area contributed by atoms with Crippen molar-refractivity contribution in [3.8, 4) is 0 Å². The molecule has 0 radical (unpaired) electrons. The fourth-order valence-electron chi connectivity index (χ4n) is 3.70. The Morgan fingerprint density at radius 1 is 1.05 bits per heavy atom. The topological polar surface area (TPSA) is 100 Å². The van der Waals surface area contributed by atoms with Crippen LogP contribution >= 0.6 is 23.4 Å². The fraction of sp³-hybridized carbons (Fsp3) is 0.160. The van der Waals surface area contributed by atoms with Crippen molar-refractivity contribution < 1.29 is 21.6 Å². The van der Waals surface area contributed by atoms with Gasteiger partial charge in [0.15, 0.2) is 5.17 Å². The second-order valence-electron chi connectivity index (χ2n) is 8.08. The minimum atomic E-state index is -4.61. The predicted octanol–water partition coefficient (Wildman–Crippen LogP) is 5.58. The summed E-state index contributed by atoms with van der Waals surface area (Å²) in [5.41, 5.74) is 7.24. The summed E-state index contributed by atoms with van der Waals surface area (Å²) in [6.07, 6.45) is -2.96. The molecule has 0 unspecified atom stereocenters. The molecule has 38 heavy (non-hydrogen) atoms. The molecule has 2 N–H and O–H groups in total. The highest BCUT2D eigenvalue weighted by Crippen LogP contribution is 2.32. The molecular weight excluding hydrogens is 559 g/mol. The summed E-state index contributed by atoms with van der Waals surface area (Å²) in [6.45, 7) is 0.189. The van der Waals surface area contributed by atoms with Gasteiger partial charge in [0, 0.05) is 10.9 Å². The minimum Gasteiger partial charge on any atom is -0.378 e. The summed E-state index contributed by atoms with van der Waals surface area (Å²) >= 11 is 7.13. The average Bonchev–Trinajstić information content (AvgIpc) is 3.34. The predicted molar refractivity (Wildman–Crippen MR) is 145 cm³/mol. The molecular formula is C25H21ClF3N5O2S2. The van der Waals surface area contributed by atoms with Crippen molar-refractivity contribution in [1.29, 1.82) is 0 Å². The molecule has 0 aliphatic carbocycles. The van der Waals surface area contributed by atoms with E-state index < -0.39 is 26.7 Å². The largest absolute Gasteiger partial charge is 0.416 e. The first kappa shape index (κ1) is 27.7. The van der Waals surface area contributed by atoms with Crippen LogP contribution in [0.4, 0.5) is 13.2 Å². The zero-order chi connectivity index (χ0) is 27.5. The van der Waals surface area contributed by atoms with Crippen LogP contribution in [-0.2, 0) is 16.2 Å². The van der Waals surface area contributed by atoms with Gasteiger partial charge >= 0.3 is 6.18 Å². The molecule has 0 fully saturated rings. The molecule has 13 heteroatoms. The third-order valence-electron chi connectivity index (χ3n) is 5.59. The number of rotatable bonds is 4. The van der Waals surface area contributed by atoms with E-state index in [9.17, 15) is 21.6 Å². The number of thioether (sulfide) groups is 1. The van der Waals surface area contributed by atoms with E-state index in [-0.39, 0.29) is 23.6 Å². The van der Waals surface area contributed by atoms with Crippen LogP contribution in [0, 0.1) is 0 Å². The molecule has 0 amide bonds. The summed E-state index contributed by atoms with van der Waals surface area (Å²) in [4.78, 5) is 3.73. The van der Waals surface area contributed by atoms with Crippen molar-refractivity contribution in [3.05, 3.63) is 101 Å². The van der Waals surface area contributed by atoms with Gasteiger partial charge in [-0.1, -0.05) is 65.8 Å². The first-order chi connectivity index (χ1) is 18.0. The van der Waals surface area contributed by atoms with E-state index in [0.29, 0.717) is 22.9 Å². The van der Waals surface area contributed by atoms with E-state index in [1.54, 1.807) is 30.5 Å². The lowest BCUT2D eigenvalue weighted by Crippen LogP contribution is -2.27. The Morgan fingerprint density at radius 2 is 1.68 bits per heavy atom. The Balaban J connectivity index is 1.79. The second-order valence-corrected chi connectivity index (χ2v) is 10.9. The molecule has 3 aromatic rings. The summed E-state index contributed by atoms with van der Waals surface area (Å²) in [6, 6.07) is 19.6. The number of amidine groups is 1. The Morgan fingerprint density at radius 3 is 2.26 bits per heavy atom. The van der Waals surface area contributed by atoms with Crippen LogP contribution in [0.2, 0.25) is 5.02 Å². The molecule has 0 saturated heterocycles. The van der Waals surface area contributed by atoms with Crippen LogP contribution in [-0.4, -0.2) is 43.1 Å². The van der Waals surface area contributed by atoms with E-state index in [2.05, 4.69) is 14.5 Å². The normalized spacial score (nSPS) is 17.0. The lowest BCUT2D eigenvalue weighted by molar-refractivity contribution is -0.137. The zero-order valence-electron chi connectivity index (χ0n) is 19.8. The van der Waals surface area contributed by atoms with Crippen LogP contribution in [0.25, 0.3) is 0 Å². The number of alkyl halides is 3. The standard InChI is InChI=1S/C25H21ClF3N5O2S2/c1-37-23(30)31-24(33-38(35,36)20-13-9-18(10-14-20)25(27,28)29)34-15-21(16-5-3-2-4-6-16)22(32-34)17-7-11-19(26)12-8-17/h2-14,21H,15H2,1H3,(H2,30,31,33)/t21-/m1/s1. The molecule has 1 aliphatic heterocycles. The molecule has 7 nitrogen and oxygen atoms in total. The van der Waals surface area contributed by atoms with Gasteiger partial charge in [0.25, 0.3) is 16.0 Å². The number of halogens is 4. The van der Waals surface area contributed by atoms with E-state index in [4.69, 9.17) is 17.3 Å². The first-order valence-electron chi connectivity index (χ1n) is 11.1. The quantitative estimate of drug-likeness (QED) is 0.321. The van der Waals surface area contributed by atoms with Gasteiger partial charge in [0.1, 0.15) is 0 Å². The number of hydrogen-bond donors (Lipinski definition) is 1. The van der Waals surface area contributed by atoms with E-state index >= 15 is 0 Å². The molecule has 4 rings (SSSR count). The Labute approximate surface area is 227 Å². The summed E-state index contributed by atoms with van der Waals surface area (Å²) in [7, 11) is -4.46. The average molecular weight is 580 g/mol. The molecule has 0 aromatic heterocycles. The van der Waals surface area contributed by atoms with E-state index in [1.807, 2.05) is 30.3 Å². The van der Waals surface area contributed by atoms with Gasteiger partial charge in [-0.05, 0) is 53.8 Å². The number of hydrazone groups is 1. The van der Waals surface area contributed by atoms with Crippen molar-refractivity contribution in [3.63, 3.8) is 0 Å².